The molecule has 0 amide bonds. The van der Waals surface area contributed by atoms with Gasteiger partial charge in [-0.2, -0.15) is 13.2 Å². The van der Waals surface area contributed by atoms with Gasteiger partial charge >= 0.3 is 27.2 Å². The molecular weight excluding hydrogens is 641 g/mol. The fraction of sp³-hybridized carbons (Fsp3) is 0.174. The number of benzene rings is 1. The molecule has 0 aliphatic heterocycles. The Morgan fingerprint density at radius 1 is 0.853 bits per heavy atom. The van der Waals surface area contributed by atoms with Gasteiger partial charge in [-0.25, -0.2) is 4.39 Å². The Labute approximate surface area is 204 Å². The molecule has 0 saturated carbocycles. The van der Waals surface area contributed by atoms with Crippen LogP contribution in [0, 0.1) is 29.7 Å². The molecule has 4 rings (SSSR count). The fourth-order valence-electron chi connectivity index (χ4n) is 3.15. The van der Waals surface area contributed by atoms with Crippen molar-refractivity contribution >= 4 is 0 Å². The van der Waals surface area contributed by atoms with E-state index in [1.165, 1.54) is 6.07 Å². The second-order valence-electron chi connectivity index (χ2n) is 7.67. The van der Waals surface area contributed by atoms with Crippen LogP contribution < -0.4 is 0 Å². The summed E-state index contributed by atoms with van der Waals surface area (Å²) in [5.41, 5.74) is -1.62. The summed E-state index contributed by atoms with van der Waals surface area (Å²) < 4.78 is 81.1. The number of hydrogen-bond acceptors (Lipinski definition) is 3. The second kappa shape index (κ2) is 9.33. The number of nitrogens with zero attached hydrogens (tertiary/aromatic N) is 4. The molecule has 1 aromatic carbocycles. The molecule has 0 radical (unpaired) electrons. The Morgan fingerprint density at radius 3 is 2.24 bits per heavy atom. The van der Waals surface area contributed by atoms with Crippen LogP contribution in [0.5, 0.6) is 0 Å². The summed E-state index contributed by atoms with van der Waals surface area (Å²) in [5.74, 6) is -2.59. The zero-order valence-corrected chi connectivity index (χ0v) is 19.8. The molecule has 0 bridgehead atoms. The quantitative estimate of drug-likeness (QED) is 0.210. The van der Waals surface area contributed by atoms with E-state index >= 15 is 0 Å². The molecule has 0 aliphatic carbocycles. The average molecular weight is 655 g/mol. The van der Waals surface area contributed by atoms with Crippen molar-refractivity contribution in [1.82, 2.24) is 19.7 Å². The molecule has 3 aromatic heterocycles. The van der Waals surface area contributed by atoms with Crippen LogP contribution in [0.15, 0.2) is 48.5 Å². The molecule has 11 heteroatoms. The van der Waals surface area contributed by atoms with Crippen molar-refractivity contribution in [3.8, 4) is 17.1 Å². The molecule has 34 heavy (non-hydrogen) atoms. The standard InChI is InChI=1S/C23H14F6N4.Pt/c1-22(2,18-5-3-4-17(30-18)15-7-6-13(24)10-16(15)26)20-11-14(25)12-21(31-20)33-9-8-19(32-33)23(27,28)29;/h3-6,8,10-12H,1-2H3;/q-2;+2. The van der Waals surface area contributed by atoms with Crippen LogP contribution in [0.1, 0.15) is 30.9 Å². The van der Waals surface area contributed by atoms with Crippen LogP contribution >= 0.6 is 0 Å². The van der Waals surface area contributed by atoms with Gasteiger partial charge in [-0.3, -0.25) is 18.9 Å². The van der Waals surface area contributed by atoms with E-state index in [0.717, 1.165) is 18.2 Å². The van der Waals surface area contributed by atoms with E-state index in [1.807, 2.05) is 0 Å². The second-order valence-corrected chi connectivity index (χ2v) is 7.67. The molecule has 0 N–H and O–H groups in total. The van der Waals surface area contributed by atoms with Crippen molar-refractivity contribution in [2.75, 3.05) is 0 Å². The Morgan fingerprint density at radius 2 is 1.59 bits per heavy atom. The van der Waals surface area contributed by atoms with Crippen molar-refractivity contribution < 1.29 is 47.4 Å². The third kappa shape index (κ3) is 5.06. The van der Waals surface area contributed by atoms with Gasteiger partial charge in [0.25, 0.3) is 0 Å². The molecule has 0 unspecified atom stereocenters. The summed E-state index contributed by atoms with van der Waals surface area (Å²) in [7, 11) is 0. The minimum Gasteiger partial charge on any atom is -0.343 e. The van der Waals surface area contributed by atoms with Gasteiger partial charge in [0.2, 0.25) is 0 Å². The molecule has 178 valence electrons. The third-order valence-corrected chi connectivity index (χ3v) is 4.96. The zero-order chi connectivity index (χ0) is 24.0. The van der Waals surface area contributed by atoms with Gasteiger partial charge in [0.1, 0.15) is 5.82 Å². The van der Waals surface area contributed by atoms with Crippen molar-refractivity contribution in [3.05, 3.63) is 95.3 Å². The van der Waals surface area contributed by atoms with E-state index < -0.39 is 34.7 Å². The van der Waals surface area contributed by atoms with Crippen LogP contribution in [-0.4, -0.2) is 19.7 Å². The van der Waals surface area contributed by atoms with E-state index in [9.17, 15) is 26.3 Å². The number of aromatic nitrogens is 4. The first-order valence-corrected chi connectivity index (χ1v) is 9.53. The van der Waals surface area contributed by atoms with Crippen molar-refractivity contribution in [2.45, 2.75) is 25.4 Å². The van der Waals surface area contributed by atoms with E-state index in [1.54, 1.807) is 26.0 Å². The molecule has 0 saturated heterocycles. The Kier molecular flexibility index (Phi) is 7.03. The largest absolute Gasteiger partial charge is 2.00 e. The van der Waals surface area contributed by atoms with Crippen LogP contribution in [0.2, 0.25) is 0 Å². The molecule has 4 nitrogen and oxygen atoms in total. The van der Waals surface area contributed by atoms with Gasteiger partial charge in [-0.05, 0) is 37.7 Å². The van der Waals surface area contributed by atoms with Gasteiger partial charge in [0.05, 0.1) is 11.5 Å². The summed E-state index contributed by atoms with van der Waals surface area (Å²) in [5, 5.41) is 3.37. The van der Waals surface area contributed by atoms with Crippen LogP contribution in [0.25, 0.3) is 17.1 Å². The SMILES string of the molecule is CC(C)(c1cccc(-c2[c-]cc(F)cc2F)n1)c1cc(F)cc(-n2[c-]cc(C(F)(F)F)n2)n1.[Pt+2]. The Balaban J connectivity index is 0.00000324. The van der Waals surface area contributed by atoms with Crippen LogP contribution in [-0.2, 0) is 32.7 Å². The predicted molar refractivity (Wildman–Crippen MR) is 106 cm³/mol. The Bertz CT molecular complexity index is 1330. The number of pyridine rings is 2. The van der Waals surface area contributed by atoms with E-state index in [0.29, 0.717) is 22.5 Å². The summed E-state index contributed by atoms with van der Waals surface area (Å²) in [6.45, 7) is 3.34. The molecule has 4 aromatic rings. The topological polar surface area (TPSA) is 43.6 Å². The monoisotopic (exact) mass is 655 g/mol. The first-order valence-electron chi connectivity index (χ1n) is 9.53. The zero-order valence-electron chi connectivity index (χ0n) is 17.5. The normalized spacial score (nSPS) is 11.9. The molecule has 0 atom stereocenters. The van der Waals surface area contributed by atoms with Gasteiger partial charge in [0.15, 0.2) is 0 Å². The van der Waals surface area contributed by atoms with E-state index in [-0.39, 0.29) is 43.8 Å². The van der Waals surface area contributed by atoms with Crippen LogP contribution in [0.3, 0.4) is 0 Å². The van der Waals surface area contributed by atoms with E-state index in [2.05, 4.69) is 27.3 Å². The maximum atomic E-state index is 14.4. The van der Waals surface area contributed by atoms with Gasteiger partial charge in [-0.15, -0.1) is 18.2 Å². The van der Waals surface area contributed by atoms with E-state index in [4.69, 9.17) is 0 Å². The number of hydrogen-bond donors (Lipinski definition) is 0. The minimum absolute atomic E-state index is 0. The molecule has 0 spiro atoms. The molecule has 0 aliphatic rings. The van der Waals surface area contributed by atoms with Gasteiger partial charge < -0.3 is 9.67 Å². The van der Waals surface area contributed by atoms with Gasteiger partial charge in [-0.1, -0.05) is 30.0 Å². The maximum Gasteiger partial charge on any atom is 2.00 e. The molecule has 0 fully saturated rings. The first kappa shape index (κ1) is 25.6. The summed E-state index contributed by atoms with van der Waals surface area (Å²) in [4.78, 5) is 8.68. The summed E-state index contributed by atoms with van der Waals surface area (Å²) in [6, 6.07) is 11.6. The number of alkyl halides is 3. The average Bonchev–Trinajstić information content (AvgIpc) is 3.24. The summed E-state index contributed by atoms with van der Waals surface area (Å²) >= 11 is 0. The van der Waals surface area contributed by atoms with Gasteiger partial charge in [0, 0.05) is 28.4 Å². The summed E-state index contributed by atoms with van der Waals surface area (Å²) in [6.07, 6.45) is -2.41. The fourth-order valence-corrected chi connectivity index (χ4v) is 3.15. The van der Waals surface area contributed by atoms with Crippen molar-refractivity contribution in [3.63, 3.8) is 0 Å². The number of rotatable bonds is 4. The number of halogens is 6. The van der Waals surface area contributed by atoms with Crippen molar-refractivity contribution in [2.24, 2.45) is 0 Å². The van der Waals surface area contributed by atoms with Crippen LogP contribution in [0.4, 0.5) is 26.3 Å². The molecule has 3 heterocycles. The molecular formula is C23H14F6N4Pt. The third-order valence-electron chi connectivity index (χ3n) is 4.96. The predicted octanol–water partition coefficient (Wildman–Crippen LogP) is 5.69. The maximum absolute atomic E-state index is 14.4. The first-order chi connectivity index (χ1) is 15.4. The smallest absolute Gasteiger partial charge is 0.343 e. The Hall–Kier alpha value is -3.00. The minimum atomic E-state index is -4.69. The van der Waals surface area contributed by atoms with Crippen molar-refractivity contribution in [1.29, 1.82) is 0 Å².